The van der Waals surface area contributed by atoms with Gasteiger partial charge in [-0.3, -0.25) is 9.69 Å². The number of benzene rings is 1. The van der Waals surface area contributed by atoms with Gasteiger partial charge in [0.2, 0.25) is 0 Å². The van der Waals surface area contributed by atoms with E-state index in [1.807, 2.05) is 29.2 Å². The van der Waals surface area contributed by atoms with Crippen LogP contribution in [0.5, 0.6) is 0 Å². The molecule has 0 unspecified atom stereocenters. The Hall–Kier alpha value is -1.39. The van der Waals surface area contributed by atoms with E-state index in [2.05, 4.69) is 4.90 Å². The van der Waals surface area contributed by atoms with Crippen LogP contribution in [0.1, 0.15) is 28.8 Å². The Bertz CT molecular complexity index is 462. The van der Waals surface area contributed by atoms with E-state index >= 15 is 0 Å². The van der Waals surface area contributed by atoms with Crippen LogP contribution in [0, 0.1) is 0 Å². The van der Waals surface area contributed by atoms with Crippen LogP contribution in [-0.2, 0) is 6.54 Å². The largest absolute Gasteiger partial charge is 0.336 e. The molecule has 1 heterocycles. The molecule has 1 aromatic rings. The first-order chi connectivity index (χ1) is 9.28. The summed E-state index contributed by atoms with van der Waals surface area (Å²) < 4.78 is 0. The molecule has 4 heteroatoms. The van der Waals surface area contributed by atoms with E-state index < -0.39 is 0 Å². The maximum absolute atomic E-state index is 12.4. The average molecular weight is 259 g/mol. The van der Waals surface area contributed by atoms with Crippen molar-refractivity contribution in [2.24, 2.45) is 5.73 Å². The molecule has 2 aliphatic rings. The molecular formula is C15H21N3O. The number of rotatable bonds is 3. The van der Waals surface area contributed by atoms with Crippen LogP contribution in [0.25, 0.3) is 0 Å². The highest BCUT2D eigenvalue weighted by molar-refractivity contribution is 5.94. The SMILES string of the molecule is NCc1cccc(C(=O)N2CCN(C3CC3)CC2)c1. The third-order valence-electron chi connectivity index (χ3n) is 4.07. The van der Waals surface area contributed by atoms with Crippen molar-refractivity contribution in [2.45, 2.75) is 25.4 Å². The summed E-state index contributed by atoms with van der Waals surface area (Å²) in [7, 11) is 0. The summed E-state index contributed by atoms with van der Waals surface area (Å²) in [6, 6.07) is 8.47. The van der Waals surface area contributed by atoms with Crippen molar-refractivity contribution in [1.29, 1.82) is 0 Å². The highest BCUT2D eigenvalue weighted by Gasteiger charge is 2.32. The number of carbonyl (C=O) groups excluding carboxylic acids is 1. The Morgan fingerprint density at radius 3 is 2.58 bits per heavy atom. The molecule has 0 bridgehead atoms. The summed E-state index contributed by atoms with van der Waals surface area (Å²) in [5, 5.41) is 0. The van der Waals surface area contributed by atoms with Crippen LogP contribution in [0.3, 0.4) is 0 Å². The normalized spacial score (nSPS) is 20.6. The van der Waals surface area contributed by atoms with Gasteiger partial charge in [-0.2, -0.15) is 0 Å². The van der Waals surface area contributed by atoms with Crippen LogP contribution >= 0.6 is 0 Å². The minimum atomic E-state index is 0.144. The molecule has 1 saturated carbocycles. The molecule has 1 aromatic carbocycles. The van der Waals surface area contributed by atoms with Crippen LogP contribution in [0.15, 0.2) is 24.3 Å². The van der Waals surface area contributed by atoms with Crippen molar-refractivity contribution in [1.82, 2.24) is 9.80 Å². The summed E-state index contributed by atoms with van der Waals surface area (Å²) in [6.07, 6.45) is 2.68. The molecule has 0 aromatic heterocycles. The van der Waals surface area contributed by atoms with E-state index in [0.717, 1.165) is 43.3 Å². The topological polar surface area (TPSA) is 49.6 Å². The summed E-state index contributed by atoms with van der Waals surface area (Å²) in [5.41, 5.74) is 7.41. The van der Waals surface area contributed by atoms with Crippen molar-refractivity contribution < 1.29 is 4.79 Å². The minimum Gasteiger partial charge on any atom is -0.336 e. The molecule has 19 heavy (non-hydrogen) atoms. The zero-order valence-corrected chi connectivity index (χ0v) is 11.2. The summed E-state index contributed by atoms with van der Waals surface area (Å²) in [4.78, 5) is 16.9. The second-order valence-corrected chi connectivity index (χ2v) is 5.46. The lowest BCUT2D eigenvalue weighted by atomic mass is 10.1. The van der Waals surface area contributed by atoms with Gasteiger partial charge in [0.05, 0.1) is 0 Å². The first kappa shape index (κ1) is 12.6. The van der Waals surface area contributed by atoms with E-state index in [1.54, 1.807) is 0 Å². The molecular weight excluding hydrogens is 238 g/mol. The molecule has 0 radical (unpaired) electrons. The van der Waals surface area contributed by atoms with E-state index in [0.29, 0.717) is 6.54 Å². The van der Waals surface area contributed by atoms with Crippen LogP contribution < -0.4 is 5.73 Å². The molecule has 2 fully saturated rings. The van der Waals surface area contributed by atoms with Gasteiger partial charge in [-0.15, -0.1) is 0 Å². The minimum absolute atomic E-state index is 0.144. The van der Waals surface area contributed by atoms with Gasteiger partial charge in [-0.05, 0) is 30.5 Å². The van der Waals surface area contributed by atoms with Crippen LogP contribution in [0.4, 0.5) is 0 Å². The smallest absolute Gasteiger partial charge is 0.253 e. The first-order valence-corrected chi connectivity index (χ1v) is 7.10. The summed E-state index contributed by atoms with van der Waals surface area (Å²) in [6.45, 7) is 4.22. The van der Waals surface area contributed by atoms with Gasteiger partial charge in [-0.25, -0.2) is 0 Å². The van der Waals surface area contributed by atoms with E-state index in [1.165, 1.54) is 12.8 Å². The lowest BCUT2D eigenvalue weighted by Crippen LogP contribution is -2.49. The first-order valence-electron chi connectivity index (χ1n) is 7.10. The third kappa shape index (κ3) is 2.80. The standard InChI is InChI=1S/C15H21N3O/c16-11-12-2-1-3-13(10-12)15(19)18-8-6-17(7-9-18)14-4-5-14/h1-3,10,14H,4-9,11,16H2. The predicted octanol–water partition coefficient (Wildman–Crippen LogP) is 1.07. The monoisotopic (exact) mass is 259 g/mol. The fraction of sp³-hybridized carbons (Fsp3) is 0.533. The molecule has 1 saturated heterocycles. The molecule has 0 atom stereocenters. The lowest BCUT2D eigenvalue weighted by Gasteiger charge is -2.34. The van der Waals surface area contributed by atoms with Gasteiger partial charge >= 0.3 is 0 Å². The number of amides is 1. The molecule has 3 rings (SSSR count). The number of piperazine rings is 1. The molecule has 1 amide bonds. The Balaban J connectivity index is 1.63. The molecule has 1 aliphatic heterocycles. The second-order valence-electron chi connectivity index (χ2n) is 5.46. The number of nitrogens with two attached hydrogens (primary N) is 1. The highest BCUT2D eigenvalue weighted by atomic mass is 16.2. The maximum Gasteiger partial charge on any atom is 0.253 e. The van der Waals surface area contributed by atoms with Gasteiger partial charge in [-0.1, -0.05) is 12.1 Å². The maximum atomic E-state index is 12.4. The molecule has 0 spiro atoms. The van der Waals surface area contributed by atoms with Gasteiger partial charge in [0.25, 0.3) is 5.91 Å². The van der Waals surface area contributed by atoms with Crippen molar-refractivity contribution in [3.63, 3.8) is 0 Å². The Labute approximate surface area is 114 Å². The number of nitrogens with zero attached hydrogens (tertiary/aromatic N) is 2. The number of hydrogen-bond donors (Lipinski definition) is 1. The Kier molecular flexibility index (Phi) is 3.53. The molecule has 4 nitrogen and oxygen atoms in total. The number of hydrogen-bond acceptors (Lipinski definition) is 3. The van der Waals surface area contributed by atoms with Crippen molar-refractivity contribution >= 4 is 5.91 Å². The lowest BCUT2D eigenvalue weighted by molar-refractivity contribution is 0.0627. The van der Waals surface area contributed by atoms with E-state index in [-0.39, 0.29) is 5.91 Å². The fourth-order valence-corrected chi connectivity index (χ4v) is 2.74. The zero-order chi connectivity index (χ0) is 13.2. The van der Waals surface area contributed by atoms with Gasteiger partial charge in [0.15, 0.2) is 0 Å². The second kappa shape index (κ2) is 5.31. The Morgan fingerprint density at radius 2 is 1.95 bits per heavy atom. The summed E-state index contributed by atoms with van der Waals surface area (Å²) >= 11 is 0. The Morgan fingerprint density at radius 1 is 1.21 bits per heavy atom. The van der Waals surface area contributed by atoms with E-state index in [9.17, 15) is 4.79 Å². The van der Waals surface area contributed by atoms with E-state index in [4.69, 9.17) is 5.73 Å². The van der Waals surface area contributed by atoms with Gasteiger partial charge < -0.3 is 10.6 Å². The third-order valence-corrected chi connectivity index (χ3v) is 4.07. The van der Waals surface area contributed by atoms with Crippen LogP contribution in [0.2, 0.25) is 0 Å². The zero-order valence-electron chi connectivity index (χ0n) is 11.2. The number of carbonyl (C=O) groups is 1. The quantitative estimate of drug-likeness (QED) is 0.883. The van der Waals surface area contributed by atoms with Gasteiger partial charge in [0, 0.05) is 44.3 Å². The predicted molar refractivity (Wildman–Crippen MR) is 74.8 cm³/mol. The van der Waals surface area contributed by atoms with Crippen LogP contribution in [-0.4, -0.2) is 47.9 Å². The summed E-state index contributed by atoms with van der Waals surface area (Å²) in [5.74, 6) is 0.144. The highest BCUT2D eigenvalue weighted by Crippen LogP contribution is 2.27. The fourth-order valence-electron chi connectivity index (χ4n) is 2.74. The molecule has 102 valence electrons. The van der Waals surface area contributed by atoms with Crippen molar-refractivity contribution in [3.8, 4) is 0 Å². The molecule has 1 aliphatic carbocycles. The van der Waals surface area contributed by atoms with Crippen molar-refractivity contribution in [3.05, 3.63) is 35.4 Å². The van der Waals surface area contributed by atoms with Gasteiger partial charge in [0.1, 0.15) is 0 Å². The average Bonchev–Trinajstić information content (AvgIpc) is 3.31. The van der Waals surface area contributed by atoms with Crippen molar-refractivity contribution in [2.75, 3.05) is 26.2 Å². The molecule has 2 N–H and O–H groups in total.